The van der Waals surface area contributed by atoms with Gasteiger partial charge in [0.25, 0.3) is 6.47 Å². The molecule has 0 unspecified atom stereocenters. The van der Waals surface area contributed by atoms with Crippen LogP contribution in [-0.2, 0) is 9.53 Å². The lowest BCUT2D eigenvalue weighted by atomic mass is 10.7. The van der Waals surface area contributed by atoms with Gasteiger partial charge in [0.05, 0.1) is 5.03 Å². The van der Waals surface area contributed by atoms with E-state index in [-0.39, 0.29) is 0 Å². The first-order chi connectivity index (χ1) is 3.27. The Hall–Kier alpha value is -0.500. The van der Waals surface area contributed by atoms with Gasteiger partial charge in [0.2, 0.25) is 0 Å². The Morgan fingerprint density at radius 2 is 2.43 bits per heavy atom. The molecule has 0 saturated carbocycles. The molecule has 0 aromatic heterocycles. The third-order valence-corrected chi connectivity index (χ3v) is 0.375. The van der Waals surface area contributed by atoms with Gasteiger partial charge in [-0.25, -0.2) is 0 Å². The summed E-state index contributed by atoms with van der Waals surface area (Å²) in [6.45, 7) is 1.93. The zero-order chi connectivity index (χ0) is 5.70. The van der Waals surface area contributed by atoms with Gasteiger partial charge >= 0.3 is 0 Å². The van der Waals surface area contributed by atoms with Gasteiger partial charge in [0, 0.05) is 0 Å². The predicted octanol–water partition coefficient (Wildman–Crippen LogP) is 1.26. The van der Waals surface area contributed by atoms with Crippen LogP contribution in [0.1, 0.15) is 6.92 Å². The zero-order valence-corrected chi connectivity index (χ0v) is 4.61. The topological polar surface area (TPSA) is 26.3 Å². The number of rotatable bonds is 2. The lowest BCUT2D eigenvalue weighted by Gasteiger charge is -1.81. The quantitative estimate of drug-likeness (QED) is 0.405. The summed E-state index contributed by atoms with van der Waals surface area (Å²) in [7, 11) is 0. The van der Waals surface area contributed by atoms with Crippen LogP contribution < -0.4 is 0 Å². The van der Waals surface area contributed by atoms with E-state index in [0.717, 1.165) is 6.26 Å². The summed E-state index contributed by atoms with van der Waals surface area (Å²) in [5, 5.41) is 0.451. The van der Waals surface area contributed by atoms with Crippen LogP contribution in [0.3, 0.4) is 0 Å². The number of halogens is 1. The third-order valence-electron chi connectivity index (χ3n) is 0.286. The normalized spacial score (nSPS) is 10.9. The first-order valence-corrected chi connectivity index (χ1v) is 2.06. The highest BCUT2D eigenvalue weighted by Gasteiger charge is 1.74. The molecule has 2 nitrogen and oxygen atoms in total. The van der Waals surface area contributed by atoms with E-state index in [4.69, 9.17) is 11.6 Å². The maximum atomic E-state index is 9.38. The second kappa shape index (κ2) is 3.68. The average Bonchev–Trinajstić information content (AvgIpc) is 1.61. The van der Waals surface area contributed by atoms with E-state index in [1.165, 1.54) is 0 Å². The molecule has 7 heavy (non-hydrogen) atoms. The molecular formula is C4H5ClO2. The Balaban J connectivity index is 3.25. The number of hydrogen-bond donors (Lipinski definition) is 0. The first-order valence-electron chi connectivity index (χ1n) is 1.68. The SMILES string of the molecule is CC(Cl)=COC=O. The maximum Gasteiger partial charge on any atom is 0.297 e. The van der Waals surface area contributed by atoms with Gasteiger partial charge in [-0.15, -0.1) is 0 Å². The summed E-state index contributed by atoms with van der Waals surface area (Å²) < 4.78 is 4.12. The average molecular weight is 121 g/mol. The molecule has 0 aliphatic carbocycles. The lowest BCUT2D eigenvalue weighted by Crippen LogP contribution is -1.72. The molecule has 0 fully saturated rings. The summed E-state index contributed by atoms with van der Waals surface area (Å²) >= 11 is 5.23. The Morgan fingerprint density at radius 1 is 1.86 bits per heavy atom. The lowest BCUT2D eigenvalue weighted by molar-refractivity contribution is -0.123. The van der Waals surface area contributed by atoms with Crippen LogP contribution in [0.25, 0.3) is 0 Å². The Kier molecular flexibility index (Phi) is 3.42. The van der Waals surface area contributed by atoms with Crippen molar-refractivity contribution < 1.29 is 9.53 Å². The molecule has 0 N–H and O–H groups in total. The van der Waals surface area contributed by atoms with E-state index in [1.54, 1.807) is 6.92 Å². The summed E-state index contributed by atoms with van der Waals surface area (Å²) in [6, 6.07) is 0. The van der Waals surface area contributed by atoms with Crippen LogP contribution in [0.4, 0.5) is 0 Å². The van der Waals surface area contributed by atoms with E-state index < -0.39 is 0 Å². The summed E-state index contributed by atoms with van der Waals surface area (Å²) in [5.41, 5.74) is 0. The van der Waals surface area contributed by atoms with Crippen LogP contribution in [0.5, 0.6) is 0 Å². The molecule has 0 aromatic rings. The monoisotopic (exact) mass is 120 g/mol. The van der Waals surface area contributed by atoms with Gasteiger partial charge in [-0.05, 0) is 6.92 Å². The van der Waals surface area contributed by atoms with Gasteiger partial charge in [-0.1, -0.05) is 11.6 Å². The third kappa shape index (κ3) is 5.50. The minimum Gasteiger partial charge on any atom is -0.435 e. The van der Waals surface area contributed by atoms with Crippen molar-refractivity contribution in [1.29, 1.82) is 0 Å². The Labute approximate surface area is 46.7 Å². The molecule has 0 radical (unpaired) electrons. The number of ether oxygens (including phenoxy) is 1. The van der Waals surface area contributed by atoms with Crippen molar-refractivity contribution in [3.8, 4) is 0 Å². The molecule has 0 saturated heterocycles. The zero-order valence-electron chi connectivity index (χ0n) is 3.85. The van der Waals surface area contributed by atoms with Gasteiger partial charge in [-0.3, -0.25) is 4.79 Å². The number of hydrogen-bond acceptors (Lipinski definition) is 2. The predicted molar refractivity (Wildman–Crippen MR) is 26.8 cm³/mol. The van der Waals surface area contributed by atoms with Crippen LogP contribution in [0.15, 0.2) is 11.3 Å². The second-order valence-electron chi connectivity index (χ2n) is 0.937. The smallest absolute Gasteiger partial charge is 0.297 e. The van der Waals surface area contributed by atoms with E-state index in [2.05, 4.69) is 4.74 Å². The minimum atomic E-state index is 0.311. The fourth-order valence-corrected chi connectivity index (χ4v) is 0.173. The van der Waals surface area contributed by atoms with Gasteiger partial charge in [-0.2, -0.15) is 0 Å². The molecule has 0 atom stereocenters. The van der Waals surface area contributed by atoms with Crippen molar-refractivity contribution in [2.75, 3.05) is 0 Å². The highest BCUT2D eigenvalue weighted by molar-refractivity contribution is 6.29. The maximum absolute atomic E-state index is 9.38. The van der Waals surface area contributed by atoms with Crippen molar-refractivity contribution in [1.82, 2.24) is 0 Å². The molecule has 0 heterocycles. The Bertz CT molecular complexity index is 83.7. The Morgan fingerprint density at radius 3 is 2.57 bits per heavy atom. The first kappa shape index (κ1) is 6.50. The summed E-state index contributed by atoms with van der Waals surface area (Å²) in [5.74, 6) is 0. The number of carbonyl (C=O) groups is 1. The molecule has 0 amide bonds. The second-order valence-corrected chi connectivity index (χ2v) is 1.53. The van der Waals surface area contributed by atoms with E-state index in [1.807, 2.05) is 0 Å². The molecule has 0 spiro atoms. The minimum absolute atomic E-state index is 0.311. The fraction of sp³-hybridized carbons (Fsp3) is 0.250. The van der Waals surface area contributed by atoms with Gasteiger partial charge < -0.3 is 4.74 Å². The van der Waals surface area contributed by atoms with Crippen LogP contribution in [0, 0.1) is 0 Å². The van der Waals surface area contributed by atoms with Crippen molar-refractivity contribution in [3.05, 3.63) is 11.3 Å². The molecule has 0 aliphatic heterocycles. The number of carbonyl (C=O) groups excluding carboxylic acids is 1. The molecule has 3 heteroatoms. The van der Waals surface area contributed by atoms with Crippen molar-refractivity contribution >= 4 is 18.1 Å². The highest BCUT2D eigenvalue weighted by atomic mass is 35.5. The van der Waals surface area contributed by atoms with Crippen LogP contribution in [-0.4, -0.2) is 6.47 Å². The van der Waals surface area contributed by atoms with E-state index in [0.29, 0.717) is 11.5 Å². The van der Waals surface area contributed by atoms with Crippen molar-refractivity contribution in [2.45, 2.75) is 6.92 Å². The summed E-state index contributed by atoms with van der Waals surface area (Å²) in [6.07, 6.45) is 1.16. The van der Waals surface area contributed by atoms with E-state index >= 15 is 0 Å². The molecule has 0 aliphatic rings. The molecule has 40 valence electrons. The molecule has 0 aromatic carbocycles. The van der Waals surface area contributed by atoms with E-state index in [9.17, 15) is 4.79 Å². The van der Waals surface area contributed by atoms with Crippen molar-refractivity contribution in [3.63, 3.8) is 0 Å². The van der Waals surface area contributed by atoms with Crippen molar-refractivity contribution in [2.24, 2.45) is 0 Å². The van der Waals surface area contributed by atoms with Crippen LogP contribution in [0.2, 0.25) is 0 Å². The van der Waals surface area contributed by atoms with Gasteiger partial charge in [0.1, 0.15) is 6.26 Å². The largest absolute Gasteiger partial charge is 0.435 e. The van der Waals surface area contributed by atoms with Crippen LogP contribution >= 0.6 is 11.6 Å². The van der Waals surface area contributed by atoms with Gasteiger partial charge in [0.15, 0.2) is 0 Å². The molecule has 0 bridgehead atoms. The standard InChI is InChI=1S/C4H5ClO2/c1-4(5)2-7-3-6/h2-3H,1H3. The highest BCUT2D eigenvalue weighted by Crippen LogP contribution is 1.95. The fourth-order valence-electron chi connectivity index (χ4n) is 0.122. The summed E-state index contributed by atoms with van der Waals surface area (Å²) in [4.78, 5) is 9.38. The molecule has 0 rings (SSSR count). The molecular weight excluding hydrogens is 115 g/mol. The number of allylic oxidation sites excluding steroid dienone is 1.